The van der Waals surface area contributed by atoms with Crippen LogP contribution in [0.25, 0.3) is 10.9 Å². The fourth-order valence-corrected chi connectivity index (χ4v) is 3.31. The van der Waals surface area contributed by atoms with Crippen molar-refractivity contribution in [1.29, 1.82) is 0 Å². The monoisotopic (exact) mass is 376 g/mol. The van der Waals surface area contributed by atoms with Gasteiger partial charge in [-0.05, 0) is 35.6 Å². The summed E-state index contributed by atoms with van der Waals surface area (Å²) in [6, 6.07) is 15.8. The number of imide groups is 1. The number of hydrogen-bond donors (Lipinski definition) is 3. The molecular formula is C21H20N4O3. The predicted octanol–water partition coefficient (Wildman–Crippen LogP) is 3.01. The molecule has 3 aromatic rings. The maximum absolute atomic E-state index is 12.5. The van der Waals surface area contributed by atoms with Crippen molar-refractivity contribution >= 4 is 34.4 Å². The maximum atomic E-state index is 12.5. The minimum atomic E-state index is -0.673. The van der Waals surface area contributed by atoms with Gasteiger partial charge in [-0.3, -0.25) is 14.5 Å². The summed E-state index contributed by atoms with van der Waals surface area (Å²) in [5, 5.41) is 6.56. The molecule has 28 heavy (non-hydrogen) atoms. The molecular weight excluding hydrogens is 356 g/mol. The Morgan fingerprint density at radius 3 is 2.71 bits per heavy atom. The van der Waals surface area contributed by atoms with Gasteiger partial charge in [0.1, 0.15) is 6.04 Å². The first-order chi connectivity index (χ1) is 13.6. The van der Waals surface area contributed by atoms with Gasteiger partial charge in [0.2, 0.25) is 5.91 Å². The highest BCUT2D eigenvalue weighted by Crippen LogP contribution is 2.19. The average molecular weight is 376 g/mol. The molecule has 4 rings (SSSR count). The lowest BCUT2D eigenvalue weighted by molar-refractivity contribution is -0.128. The zero-order chi connectivity index (χ0) is 19.5. The number of benzene rings is 2. The molecule has 1 fully saturated rings. The van der Waals surface area contributed by atoms with Crippen LogP contribution < -0.4 is 10.6 Å². The van der Waals surface area contributed by atoms with Crippen LogP contribution in [0, 0.1) is 0 Å². The molecule has 1 aromatic heterocycles. The topological polar surface area (TPSA) is 94.3 Å². The Balaban J connectivity index is 1.32. The highest BCUT2D eigenvalue weighted by atomic mass is 16.2. The summed E-state index contributed by atoms with van der Waals surface area (Å²) in [5.74, 6) is -0.496. The van der Waals surface area contributed by atoms with Gasteiger partial charge in [-0.25, -0.2) is 4.79 Å². The normalized spacial score (nSPS) is 16.4. The van der Waals surface area contributed by atoms with Crippen LogP contribution in [0.1, 0.15) is 18.4 Å². The number of fused-ring (bicyclic) bond motifs is 1. The highest BCUT2D eigenvalue weighted by molar-refractivity contribution is 6.04. The van der Waals surface area contributed by atoms with Crippen LogP contribution in [-0.4, -0.2) is 33.8 Å². The molecule has 1 aliphatic heterocycles. The number of hydrogen-bond acceptors (Lipinski definition) is 3. The number of urea groups is 1. The third kappa shape index (κ3) is 3.73. The van der Waals surface area contributed by atoms with Crippen molar-refractivity contribution in [2.45, 2.75) is 25.4 Å². The van der Waals surface area contributed by atoms with E-state index in [1.54, 1.807) is 0 Å². The summed E-state index contributed by atoms with van der Waals surface area (Å²) >= 11 is 0. The minimum Gasteiger partial charge on any atom is -0.361 e. The molecule has 4 amide bonds. The van der Waals surface area contributed by atoms with Crippen LogP contribution in [0.5, 0.6) is 0 Å². The van der Waals surface area contributed by atoms with E-state index in [0.29, 0.717) is 5.69 Å². The van der Waals surface area contributed by atoms with Crippen LogP contribution >= 0.6 is 0 Å². The molecule has 0 unspecified atom stereocenters. The molecule has 0 spiro atoms. The van der Waals surface area contributed by atoms with E-state index in [0.717, 1.165) is 16.5 Å². The molecule has 7 nitrogen and oxygen atoms in total. The molecule has 7 heteroatoms. The van der Waals surface area contributed by atoms with E-state index in [-0.39, 0.29) is 31.2 Å². The van der Waals surface area contributed by atoms with Crippen molar-refractivity contribution < 1.29 is 14.4 Å². The fraction of sp³-hybridized carbons (Fsp3) is 0.190. The van der Waals surface area contributed by atoms with Crippen molar-refractivity contribution in [3.05, 3.63) is 66.4 Å². The first-order valence-corrected chi connectivity index (χ1v) is 9.13. The molecule has 1 atom stereocenters. The Morgan fingerprint density at radius 2 is 1.89 bits per heavy atom. The lowest BCUT2D eigenvalue weighted by atomic mass is 10.1. The zero-order valence-electron chi connectivity index (χ0n) is 15.1. The fourth-order valence-electron chi connectivity index (χ4n) is 3.31. The number of nitrogens with one attached hydrogen (secondary N) is 3. The van der Waals surface area contributed by atoms with Gasteiger partial charge in [-0.2, -0.15) is 0 Å². The average Bonchev–Trinajstić information content (AvgIpc) is 3.26. The third-order valence-electron chi connectivity index (χ3n) is 4.79. The third-order valence-corrected chi connectivity index (χ3v) is 4.79. The molecule has 1 aliphatic rings. The SMILES string of the molecule is O=C(CC[C@@H]1NC(=O)N(Cc2ccccc2)C1=O)Nc1ccc2cc[nH]c2c1. The van der Waals surface area contributed by atoms with Gasteiger partial charge in [-0.1, -0.05) is 36.4 Å². The predicted molar refractivity (Wildman–Crippen MR) is 105 cm³/mol. The van der Waals surface area contributed by atoms with Gasteiger partial charge < -0.3 is 15.6 Å². The number of aromatic nitrogens is 1. The van der Waals surface area contributed by atoms with E-state index in [1.807, 2.05) is 60.8 Å². The molecule has 0 radical (unpaired) electrons. The van der Waals surface area contributed by atoms with Crippen molar-refractivity contribution in [3.63, 3.8) is 0 Å². The summed E-state index contributed by atoms with van der Waals surface area (Å²) in [6.07, 6.45) is 2.23. The van der Waals surface area contributed by atoms with Crippen LogP contribution in [-0.2, 0) is 16.1 Å². The lowest BCUT2D eigenvalue weighted by Gasteiger charge is -2.13. The molecule has 3 N–H and O–H groups in total. The Labute approximate surface area is 161 Å². The van der Waals surface area contributed by atoms with Crippen molar-refractivity contribution in [1.82, 2.24) is 15.2 Å². The number of carbonyl (C=O) groups excluding carboxylic acids is 3. The minimum absolute atomic E-state index is 0.138. The number of rotatable bonds is 6. The van der Waals surface area contributed by atoms with Gasteiger partial charge in [-0.15, -0.1) is 0 Å². The van der Waals surface area contributed by atoms with E-state index < -0.39 is 12.1 Å². The summed E-state index contributed by atoms with van der Waals surface area (Å²) in [7, 11) is 0. The van der Waals surface area contributed by atoms with E-state index in [2.05, 4.69) is 15.6 Å². The highest BCUT2D eigenvalue weighted by Gasteiger charge is 2.37. The quantitative estimate of drug-likeness (QED) is 0.577. The number of aromatic amines is 1. The van der Waals surface area contributed by atoms with E-state index >= 15 is 0 Å². The second kappa shape index (κ2) is 7.56. The Morgan fingerprint density at radius 1 is 1.07 bits per heavy atom. The summed E-state index contributed by atoms with van der Waals surface area (Å²) in [5.41, 5.74) is 2.50. The molecule has 2 aromatic carbocycles. The Bertz CT molecular complexity index is 1030. The second-order valence-corrected chi connectivity index (χ2v) is 6.78. The van der Waals surface area contributed by atoms with E-state index in [9.17, 15) is 14.4 Å². The molecule has 142 valence electrons. The van der Waals surface area contributed by atoms with Crippen molar-refractivity contribution in [3.8, 4) is 0 Å². The lowest BCUT2D eigenvalue weighted by Crippen LogP contribution is -2.31. The number of carbonyl (C=O) groups is 3. The van der Waals surface area contributed by atoms with E-state index in [4.69, 9.17) is 0 Å². The van der Waals surface area contributed by atoms with Crippen molar-refractivity contribution in [2.24, 2.45) is 0 Å². The molecule has 0 bridgehead atoms. The molecule has 0 saturated carbocycles. The first kappa shape index (κ1) is 17.8. The van der Waals surface area contributed by atoms with Crippen LogP contribution in [0.15, 0.2) is 60.8 Å². The molecule has 1 saturated heterocycles. The summed E-state index contributed by atoms with van der Waals surface area (Å²) in [6.45, 7) is 0.227. The summed E-state index contributed by atoms with van der Waals surface area (Å²) in [4.78, 5) is 41.2. The van der Waals surface area contributed by atoms with Gasteiger partial charge in [0.25, 0.3) is 5.91 Å². The maximum Gasteiger partial charge on any atom is 0.325 e. The van der Waals surface area contributed by atoms with Crippen molar-refractivity contribution in [2.75, 3.05) is 5.32 Å². The number of amides is 4. The molecule has 2 heterocycles. The number of nitrogens with zero attached hydrogens (tertiary/aromatic N) is 1. The van der Waals surface area contributed by atoms with Crippen LogP contribution in [0.3, 0.4) is 0 Å². The Hall–Kier alpha value is -3.61. The van der Waals surface area contributed by atoms with Crippen LogP contribution in [0.2, 0.25) is 0 Å². The smallest absolute Gasteiger partial charge is 0.325 e. The largest absolute Gasteiger partial charge is 0.361 e. The standard InChI is InChI=1S/C21H20N4O3/c26-19(23-16-7-6-15-10-11-22-18(15)12-16)9-8-17-20(27)25(21(28)24-17)13-14-4-2-1-3-5-14/h1-7,10-12,17,22H,8-9,13H2,(H,23,26)(H,24,28)/t17-/m0/s1. The van der Waals surface area contributed by atoms with Gasteiger partial charge in [0.05, 0.1) is 6.54 Å². The van der Waals surface area contributed by atoms with Gasteiger partial charge >= 0.3 is 6.03 Å². The second-order valence-electron chi connectivity index (χ2n) is 6.78. The van der Waals surface area contributed by atoms with Gasteiger partial charge in [0, 0.05) is 23.8 Å². The number of anilines is 1. The summed E-state index contributed by atoms with van der Waals surface area (Å²) < 4.78 is 0. The zero-order valence-corrected chi connectivity index (χ0v) is 15.1. The first-order valence-electron chi connectivity index (χ1n) is 9.13. The number of H-pyrrole nitrogens is 1. The molecule has 0 aliphatic carbocycles. The van der Waals surface area contributed by atoms with E-state index in [1.165, 1.54) is 4.90 Å². The Kier molecular flexibility index (Phi) is 4.80. The van der Waals surface area contributed by atoms with Crippen LogP contribution in [0.4, 0.5) is 10.5 Å². The van der Waals surface area contributed by atoms with Gasteiger partial charge in [0.15, 0.2) is 0 Å².